The Morgan fingerprint density at radius 2 is 1.80 bits per heavy atom. The minimum absolute atomic E-state index is 0.00593. The molecular formula is C22H26N6O2. The molecule has 156 valence electrons. The number of likely N-dealkylation sites (tertiary alicyclic amines) is 1. The van der Waals surface area contributed by atoms with Crippen molar-refractivity contribution in [2.45, 2.75) is 26.4 Å². The third-order valence-electron chi connectivity index (χ3n) is 6.29. The monoisotopic (exact) mass is 406 g/mol. The second kappa shape index (κ2) is 7.27. The third-order valence-corrected chi connectivity index (χ3v) is 6.29. The van der Waals surface area contributed by atoms with Crippen molar-refractivity contribution in [3.05, 3.63) is 52.9 Å². The van der Waals surface area contributed by atoms with Crippen molar-refractivity contribution in [2.75, 3.05) is 31.1 Å². The van der Waals surface area contributed by atoms with Gasteiger partial charge in [-0.15, -0.1) is 0 Å². The predicted molar refractivity (Wildman–Crippen MR) is 114 cm³/mol. The lowest BCUT2D eigenvalue weighted by molar-refractivity contribution is -0.131. The number of fused-ring (bicyclic) bond motifs is 2. The van der Waals surface area contributed by atoms with Crippen LogP contribution in [-0.2, 0) is 11.3 Å². The lowest BCUT2D eigenvalue weighted by atomic mass is 10.0. The molecule has 0 spiro atoms. The van der Waals surface area contributed by atoms with Crippen LogP contribution in [0.15, 0.2) is 47.4 Å². The number of carbonyl (C=O) groups excluding carboxylic acids is 1. The van der Waals surface area contributed by atoms with Crippen molar-refractivity contribution in [1.82, 2.24) is 24.2 Å². The van der Waals surface area contributed by atoms with Crippen LogP contribution in [0.4, 0.5) is 5.95 Å². The summed E-state index contributed by atoms with van der Waals surface area (Å²) in [5.41, 5.74) is 1.94. The average Bonchev–Trinajstić information content (AvgIpc) is 3.40. The maximum Gasteiger partial charge on any atom is 0.267 e. The number of carbonyl (C=O) groups is 1. The van der Waals surface area contributed by atoms with E-state index >= 15 is 0 Å². The first-order chi connectivity index (χ1) is 14.5. The van der Waals surface area contributed by atoms with E-state index in [1.54, 1.807) is 6.07 Å². The smallest absolute Gasteiger partial charge is 0.267 e. The molecule has 4 heterocycles. The number of anilines is 1. The molecule has 2 fully saturated rings. The molecule has 30 heavy (non-hydrogen) atoms. The van der Waals surface area contributed by atoms with Crippen LogP contribution in [0.25, 0.3) is 11.0 Å². The molecule has 3 aromatic rings. The molecule has 0 aliphatic carbocycles. The van der Waals surface area contributed by atoms with Crippen LogP contribution in [0.5, 0.6) is 0 Å². The van der Waals surface area contributed by atoms with Crippen molar-refractivity contribution in [3.8, 4) is 0 Å². The Bertz CT molecular complexity index is 1140. The molecular weight excluding hydrogens is 380 g/mol. The van der Waals surface area contributed by atoms with Gasteiger partial charge < -0.3 is 14.4 Å². The van der Waals surface area contributed by atoms with Crippen molar-refractivity contribution >= 4 is 22.9 Å². The lowest BCUT2D eigenvalue weighted by Gasteiger charge is -2.24. The lowest BCUT2D eigenvalue weighted by Crippen LogP contribution is -2.38. The number of hydrogen-bond acceptors (Lipinski definition) is 5. The highest BCUT2D eigenvalue weighted by atomic mass is 16.2. The minimum atomic E-state index is -0.246. The average molecular weight is 406 g/mol. The number of imidazole rings is 1. The molecule has 0 saturated carbocycles. The molecule has 2 aliphatic rings. The summed E-state index contributed by atoms with van der Waals surface area (Å²) in [6.07, 6.45) is 1.53. The van der Waals surface area contributed by atoms with Gasteiger partial charge in [-0.2, -0.15) is 5.10 Å². The highest BCUT2D eigenvalue weighted by Gasteiger charge is 2.42. The predicted octanol–water partition coefficient (Wildman–Crippen LogP) is 1.77. The van der Waals surface area contributed by atoms with E-state index in [9.17, 15) is 9.59 Å². The fourth-order valence-corrected chi connectivity index (χ4v) is 4.86. The number of aromatic nitrogens is 4. The largest absolute Gasteiger partial charge is 0.342 e. The van der Waals surface area contributed by atoms with Gasteiger partial charge in [-0.3, -0.25) is 9.59 Å². The number of hydrogen-bond donors (Lipinski definition) is 0. The molecule has 1 aromatic carbocycles. The quantitative estimate of drug-likeness (QED) is 0.660. The SMILES string of the molecule is CC(C)n1c(N2CC3CN(C(=O)Cn4ncccc4=O)CC3C2)nc2ccccc21. The molecule has 1 amide bonds. The van der Waals surface area contributed by atoms with Crippen molar-refractivity contribution in [2.24, 2.45) is 11.8 Å². The van der Waals surface area contributed by atoms with Gasteiger partial charge in [0.2, 0.25) is 11.9 Å². The Hall–Kier alpha value is -3.16. The second-order valence-corrected chi connectivity index (χ2v) is 8.61. The van der Waals surface area contributed by atoms with E-state index in [2.05, 4.69) is 46.6 Å². The topological polar surface area (TPSA) is 76.3 Å². The van der Waals surface area contributed by atoms with E-state index in [0.29, 0.717) is 17.9 Å². The van der Waals surface area contributed by atoms with E-state index in [1.165, 1.54) is 16.9 Å². The van der Waals surface area contributed by atoms with Crippen molar-refractivity contribution in [3.63, 3.8) is 0 Å². The molecule has 0 radical (unpaired) electrons. The van der Waals surface area contributed by atoms with Gasteiger partial charge in [0.1, 0.15) is 6.54 Å². The van der Waals surface area contributed by atoms with Gasteiger partial charge in [-0.1, -0.05) is 12.1 Å². The molecule has 0 N–H and O–H groups in total. The van der Waals surface area contributed by atoms with E-state index in [0.717, 1.165) is 43.2 Å². The van der Waals surface area contributed by atoms with Crippen LogP contribution in [0, 0.1) is 11.8 Å². The number of para-hydroxylation sites is 2. The zero-order chi connectivity index (χ0) is 20.8. The van der Waals surface area contributed by atoms with Crippen LogP contribution in [-0.4, -0.2) is 56.3 Å². The summed E-state index contributed by atoms with van der Waals surface area (Å²) >= 11 is 0. The highest BCUT2D eigenvalue weighted by Crippen LogP contribution is 2.36. The van der Waals surface area contributed by atoms with Gasteiger partial charge in [-0.05, 0) is 32.0 Å². The van der Waals surface area contributed by atoms with Crippen molar-refractivity contribution in [1.29, 1.82) is 0 Å². The van der Waals surface area contributed by atoms with Gasteiger partial charge in [-0.25, -0.2) is 9.67 Å². The summed E-state index contributed by atoms with van der Waals surface area (Å²) < 4.78 is 3.54. The van der Waals surface area contributed by atoms with Crippen LogP contribution >= 0.6 is 0 Å². The van der Waals surface area contributed by atoms with Gasteiger partial charge in [0.05, 0.1) is 11.0 Å². The van der Waals surface area contributed by atoms with Gasteiger partial charge in [0.25, 0.3) is 5.56 Å². The van der Waals surface area contributed by atoms with Gasteiger partial charge >= 0.3 is 0 Å². The Morgan fingerprint density at radius 3 is 2.50 bits per heavy atom. The normalized spacial score (nSPS) is 21.0. The van der Waals surface area contributed by atoms with Crippen LogP contribution in [0.1, 0.15) is 19.9 Å². The summed E-state index contributed by atoms with van der Waals surface area (Å²) in [7, 11) is 0. The van der Waals surface area contributed by atoms with E-state index in [-0.39, 0.29) is 18.0 Å². The summed E-state index contributed by atoms with van der Waals surface area (Å²) in [5, 5.41) is 4.00. The van der Waals surface area contributed by atoms with E-state index < -0.39 is 0 Å². The number of nitrogens with zero attached hydrogens (tertiary/aromatic N) is 6. The van der Waals surface area contributed by atoms with E-state index in [4.69, 9.17) is 4.98 Å². The number of rotatable bonds is 4. The molecule has 2 saturated heterocycles. The van der Waals surface area contributed by atoms with Gasteiger partial charge in [0.15, 0.2) is 0 Å². The summed E-state index contributed by atoms with van der Waals surface area (Å²) in [5.74, 6) is 1.84. The number of benzene rings is 1. The standard InChI is InChI=1S/C22H26N6O2/c1-15(2)28-19-7-4-3-6-18(19)24-22(28)26-12-16-10-25(11-17(16)13-26)21(30)14-27-20(29)8-5-9-23-27/h3-9,15-17H,10-14H2,1-2H3. The zero-order valence-electron chi connectivity index (χ0n) is 17.3. The van der Waals surface area contributed by atoms with Gasteiger partial charge in [0, 0.05) is 56.3 Å². The Morgan fingerprint density at radius 1 is 1.07 bits per heavy atom. The molecule has 2 unspecified atom stereocenters. The fourth-order valence-electron chi connectivity index (χ4n) is 4.86. The molecule has 8 nitrogen and oxygen atoms in total. The van der Waals surface area contributed by atoms with Crippen LogP contribution in [0.3, 0.4) is 0 Å². The van der Waals surface area contributed by atoms with Crippen LogP contribution < -0.4 is 10.5 Å². The molecule has 8 heteroatoms. The maximum absolute atomic E-state index is 12.7. The number of amides is 1. The zero-order valence-corrected chi connectivity index (χ0v) is 17.3. The molecule has 2 aliphatic heterocycles. The maximum atomic E-state index is 12.7. The summed E-state index contributed by atoms with van der Waals surface area (Å²) in [6.45, 7) is 7.63. The first-order valence-corrected chi connectivity index (χ1v) is 10.5. The Balaban J connectivity index is 1.30. The second-order valence-electron chi connectivity index (χ2n) is 8.61. The van der Waals surface area contributed by atoms with E-state index in [1.807, 2.05) is 11.0 Å². The molecule has 5 rings (SSSR count). The Kier molecular flexibility index (Phi) is 4.56. The summed E-state index contributed by atoms with van der Waals surface area (Å²) in [4.78, 5) is 33.7. The Labute approximate surface area is 174 Å². The molecule has 0 bridgehead atoms. The third kappa shape index (κ3) is 3.16. The molecule has 2 atom stereocenters. The fraction of sp³-hybridized carbons (Fsp3) is 0.455. The molecule has 2 aromatic heterocycles. The van der Waals surface area contributed by atoms with Crippen LogP contribution in [0.2, 0.25) is 0 Å². The first kappa shape index (κ1) is 18.8. The minimum Gasteiger partial charge on any atom is -0.342 e. The summed E-state index contributed by atoms with van der Waals surface area (Å²) in [6, 6.07) is 11.6. The van der Waals surface area contributed by atoms with Crippen molar-refractivity contribution < 1.29 is 4.79 Å². The first-order valence-electron chi connectivity index (χ1n) is 10.5. The highest BCUT2D eigenvalue weighted by molar-refractivity contribution is 5.79.